The maximum Gasteiger partial charge on any atom is 0.270 e. The number of anilines is 2. The van der Waals surface area contributed by atoms with Crippen molar-refractivity contribution in [2.45, 2.75) is 6.54 Å². The lowest BCUT2D eigenvalue weighted by Gasteiger charge is -2.17. The summed E-state index contributed by atoms with van der Waals surface area (Å²) in [6.45, 7) is 0.819. The molecule has 0 radical (unpaired) electrons. The fourth-order valence-electron chi connectivity index (χ4n) is 2.97. The Hall–Kier alpha value is -3.15. The van der Waals surface area contributed by atoms with Crippen molar-refractivity contribution in [1.29, 1.82) is 0 Å². The lowest BCUT2D eigenvalue weighted by Crippen LogP contribution is -2.36. The number of para-hydroxylation sites is 1. The Kier molecular flexibility index (Phi) is 3.49. The highest BCUT2D eigenvalue weighted by atomic mass is 19.1. The predicted molar refractivity (Wildman–Crippen MR) is 89.7 cm³/mol. The zero-order valence-corrected chi connectivity index (χ0v) is 12.8. The molecule has 0 fully saturated rings. The Labute approximate surface area is 138 Å². The highest BCUT2D eigenvalue weighted by Crippen LogP contribution is 2.38. The van der Waals surface area contributed by atoms with Crippen LogP contribution in [0.1, 0.15) is 10.5 Å². The first kappa shape index (κ1) is 14.4. The molecule has 0 spiro atoms. The summed E-state index contributed by atoms with van der Waals surface area (Å²) >= 11 is 0. The van der Waals surface area contributed by atoms with Crippen LogP contribution in [0.15, 0.2) is 54.9 Å². The summed E-state index contributed by atoms with van der Waals surface area (Å²) < 4.78 is 16.5. The smallest absolute Gasteiger partial charge is 0.270 e. The van der Waals surface area contributed by atoms with E-state index in [4.69, 9.17) is 0 Å². The molecule has 1 aromatic carbocycles. The maximum absolute atomic E-state index is 15.1. The Bertz CT molecular complexity index is 890. The van der Waals surface area contributed by atoms with Gasteiger partial charge in [-0.25, -0.2) is 0 Å². The molecular formula is C18H15FN4O. The van der Waals surface area contributed by atoms with E-state index in [9.17, 15) is 4.79 Å². The van der Waals surface area contributed by atoms with E-state index in [0.717, 1.165) is 5.69 Å². The molecule has 1 amide bonds. The van der Waals surface area contributed by atoms with Crippen LogP contribution in [-0.4, -0.2) is 22.0 Å². The van der Waals surface area contributed by atoms with Gasteiger partial charge in [0.05, 0.1) is 11.3 Å². The van der Waals surface area contributed by atoms with Gasteiger partial charge in [-0.2, -0.15) is 4.39 Å². The molecule has 3 aromatic rings. The molecule has 5 nitrogen and oxygen atoms in total. The molecule has 1 aliphatic heterocycles. The van der Waals surface area contributed by atoms with Crippen LogP contribution in [0.5, 0.6) is 0 Å². The summed E-state index contributed by atoms with van der Waals surface area (Å²) in [5, 5.41) is 5.99. The van der Waals surface area contributed by atoms with E-state index in [1.54, 1.807) is 24.5 Å². The van der Waals surface area contributed by atoms with Crippen molar-refractivity contribution in [2.24, 2.45) is 0 Å². The van der Waals surface area contributed by atoms with Crippen LogP contribution >= 0.6 is 0 Å². The van der Waals surface area contributed by atoms with Gasteiger partial charge in [-0.05, 0) is 29.8 Å². The van der Waals surface area contributed by atoms with Gasteiger partial charge in [0.25, 0.3) is 5.91 Å². The zero-order valence-electron chi connectivity index (χ0n) is 12.8. The number of amides is 1. The fourth-order valence-corrected chi connectivity index (χ4v) is 2.97. The molecule has 0 saturated carbocycles. The molecule has 0 saturated heterocycles. The third-order valence-electron chi connectivity index (χ3n) is 4.05. The summed E-state index contributed by atoms with van der Waals surface area (Å²) in [4.78, 5) is 16.3. The first-order chi connectivity index (χ1) is 11.8. The Balaban J connectivity index is 1.94. The number of benzene rings is 1. The average molecular weight is 322 g/mol. The number of carbonyl (C=O) groups is 1. The number of aromatic nitrogens is 2. The van der Waals surface area contributed by atoms with Gasteiger partial charge in [0.15, 0.2) is 0 Å². The lowest BCUT2D eigenvalue weighted by molar-refractivity contribution is 0.0925. The Morgan fingerprint density at radius 1 is 1.12 bits per heavy atom. The number of hydrogen-bond donors (Lipinski definition) is 2. The number of halogens is 1. The third kappa shape index (κ3) is 2.32. The van der Waals surface area contributed by atoms with Gasteiger partial charge >= 0.3 is 0 Å². The van der Waals surface area contributed by atoms with Gasteiger partial charge in [-0.15, -0.1) is 0 Å². The molecule has 0 bridgehead atoms. The molecule has 1 aliphatic rings. The van der Waals surface area contributed by atoms with Gasteiger partial charge in [-0.1, -0.05) is 18.2 Å². The normalized spacial score (nSPS) is 13.3. The van der Waals surface area contributed by atoms with Gasteiger partial charge < -0.3 is 15.2 Å². The summed E-state index contributed by atoms with van der Waals surface area (Å²) in [7, 11) is 0. The molecule has 120 valence electrons. The largest absolute Gasteiger partial charge is 0.353 e. The highest BCUT2D eigenvalue weighted by molar-refractivity contribution is 6.04. The van der Waals surface area contributed by atoms with Gasteiger partial charge in [-0.3, -0.25) is 9.78 Å². The minimum absolute atomic E-state index is 0.279. The molecule has 0 atom stereocenters. The van der Waals surface area contributed by atoms with Crippen LogP contribution < -0.4 is 10.6 Å². The fraction of sp³-hybridized carbons (Fsp3) is 0.111. The second-order valence-electron chi connectivity index (χ2n) is 5.52. The second kappa shape index (κ2) is 5.81. The molecule has 2 aromatic heterocycles. The predicted octanol–water partition coefficient (Wildman–Crippen LogP) is 3.18. The average Bonchev–Trinajstić information content (AvgIpc) is 2.90. The SMILES string of the molecule is O=C1NCCn2c(F)c(-c3ccncc3)c(Nc3ccccc3)c21. The van der Waals surface area contributed by atoms with Gasteiger partial charge in [0, 0.05) is 31.2 Å². The topological polar surface area (TPSA) is 59.0 Å². The number of rotatable bonds is 3. The second-order valence-corrected chi connectivity index (χ2v) is 5.52. The Morgan fingerprint density at radius 2 is 1.88 bits per heavy atom. The number of carbonyl (C=O) groups excluding carboxylic acids is 1. The van der Waals surface area contributed by atoms with Crippen LogP contribution in [0.2, 0.25) is 0 Å². The molecular weight excluding hydrogens is 307 g/mol. The molecule has 6 heteroatoms. The van der Waals surface area contributed by atoms with E-state index in [1.165, 1.54) is 4.57 Å². The van der Waals surface area contributed by atoms with Crippen molar-refractivity contribution in [2.75, 3.05) is 11.9 Å². The van der Waals surface area contributed by atoms with Crippen molar-refractivity contribution >= 4 is 17.3 Å². The highest BCUT2D eigenvalue weighted by Gasteiger charge is 2.30. The van der Waals surface area contributed by atoms with E-state index in [-0.39, 0.29) is 5.91 Å². The maximum atomic E-state index is 15.1. The summed E-state index contributed by atoms with van der Waals surface area (Å²) in [6, 6.07) is 12.9. The number of nitrogens with zero attached hydrogens (tertiary/aromatic N) is 2. The van der Waals surface area contributed by atoms with Crippen molar-refractivity contribution in [1.82, 2.24) is 14.9 Å². The molecule has 2 N–H and O–H groups in total. The van der Waals surface area contributed by atoms with E-state index >= 15 is 4.39 Å². The van der Waals surface area contributed by atoms with Crippen LogP contribution in [0, 0.1) is 5.95 Å². The van der Waals surface area contributed by atoms with Crippen LogP contribution in [0.25, 0.3) is 11.1 Å². The van der Waals surface area contributed by atoms with Crippen molar-refractivity contribution < 1.29 is 9.18 Å². The summed E-state index contributed by atoms with van der Waals surface area (Å²) in [6.07, 6.45) is 3.22. The van der Waals surface area contributed by atoms with Crippen molar-refractivity contribution in [3.63, 3.8) is 0 Å². The standard InChI is InChI=1S/C18H15FN4O/c19-17-14(12-6-8-20-9-7-12)15(22-13-4-2-1-3-5-13)16-18(24)21-10-11-23(16)17/h1-9,22H,10-11H2,(H,21,24). The molecule has 24 heavy (non-hydrogen) atoms. The summed E-state index contributed by atoms with van der Waals surface area (Å²) in [5.41, 5.74) is 2.64. The van der Waals surface area contributed by atoms with Crippen LogP contribution in [-0.2, 0) is 6.54 Å². The first-order valence-electron chi connectivity index (χ1n) is 7.68. The Morgan fingerprint density at radius 3 is 2.62 bits per heavy atom. The van der Waals surface area contributed by atoms with E-state index < -0.39 is 5.95 Å². The van der Waals surface area contributed by atoms with Crippen LogP contribution in [0.3, 0.4) is 0 Å². The third-order valence-corrected chi connectivity index (χ3v) is 4.05. The first-order valence-corrected chi connectivity index (χ1v) is 7.68. The molecule has 3 heterocycles. The van der Waals surface area contributed by atoms with E-state index in [2.05, 4.69) is 15.6 Å². The number of hydrogen-bond acceptors (Lipinski definition) is 3. The number of pyridine rings is 1. The van der Waals surface area contributed by atoms with E-state index in [1.807, 2.05) is 30.3 Å². The minimum Gasteiger partial charge on any atom is -0.353 e. The van der Waals surface area contributed by atoms with E-state index in [0.29, 0.717) is 35.6 Å². The number of fused-ring (bicyclic) bond motifs is 1. The van der Waals surface area contributed by atoms with Crippen molar-refractivity contribution in [3.05, 3.63) is 66.5 Å². The monoisotopic (exact) mass is 322 g/mol. The quantitative estimate of drug-likeness (QED) is 0.778. The molecule has 0 aliphatic carbocycles. The zero-order chi connectivity index (χ0) is 16.5. The van der Waals surface area contributed by atoms with Gasteiger partial charge in [0.2, 0.25) is 5.95 Å². The number of nitrogens with one attached hydrogen (secondary N) is 2. The molecule has 0 unspecified atom stereocenters. The summed E-state index contributed by atoms with van der Waals surface area (Å²) in [5.74, 6) is -0.691. The minimum atomic E-state index is -0.413. The van der Waals surface area contributed by atoms with Crippen molar-refractivity contribution in [3.8, 4) is 11.1 Å². The lowest BCUT2D eigenvalue weighted by atomic mass is 10.1. The van der Waals surface area contributed by atoms with Crippen LogP contribution in [0.4, 0.5) is 15.8 Å². The molecule has 4 rings (SSSR count). The van der Waals surface area contributed by atoms with Gasteiger partial charge in [0.1, 0.15) is 5.69 Å².